The van der Waals surface area contributed by atoms with Gasteiger partial charge in [-0.3, -0.25) is 0 Å². The van der Waals surface area contributed by atoms with Crippen molar-refractivity contribution in [2.75, 3.05) is 0 Å². The van der Waals surface area contributed by atoms with E-state index >= 15 is 0 Å². The third kappa shape index (κ3) is 5.64. The maximum Gasteiger partial charge on any atom is 0.0712 e. The van der Waals surface area contributed by atoms with Crippen molar-refractivity contribution in [1.29, 1.82) is 0 Å². The predicted molar refractivity (Wildman–Crippen MR) is 226 cm³/mol. The highest BCUT2D eigenvalue weighted by Crippen LogP contribution is 2.51. The molecule has 1 aliphatic carbocycles. The molecule has 0 aliphatic heterocycles. The van der Waals surface area contributed by atoms with E-state index in [0.717, 1.165) is 39.4 Å². The van der Waals surface area contributed by atoms with Crippen LogP contribution in [0.1, 0.15) is 48.6 Å². The van der Waals surface area contributed by atoms with Crippen LogP contribution in [-0.2, 0) is 5.41 Å². The molecule has 1 aromatic heterocycles. The summed E-state index contributed by atoms with van der Waals surface area (Å²) in [5, 5.41) is 2.56. The summed E-state index contributed by atoms with van der Waals surface area (Å²) in [7, 11) is 0. The first kappa shape index (κ1) is 32.4. The lowest BCUT2D eigenvalue weighted by atomic mass is 9.82. The Balaban J connectivity index is 1.11. The number of aliphatic imine (C=N–C) groups is 1. The molecule has 0 saturated carbocycles. The second-order valence-electron chi connectivity index (χ2n) is 14.6. The Labute approximate surface area is 311 Å². The van der Waals surface area contributed by atoms with Crippen molar-refractivity contribution < 1.29 is 0 Å². The molecule has 0 amide bonds. The van der Waals surface area contributed by atoms with Crippen LogP contribution < -0.4 is 0 Å². The molecule has 9 rings (SSSR count). The van der Waals surface area contributed by atoms with Crippen molar-refractivity contribution in [2.24, 2.45) is 4.99 Å². The molecule has 2 heteroatoms. The van der Waals surface area contributed by atoms with E-state index < -0.39 is 0 Å². The predicted octanol–water partition coefficient (Wildman–Crippen LogP) is 13.3. The number of para-hydroxylation sites is 1. The molecule has 8 aromatic rings. The molecule has 0 atom stereocenters. The molecule has 0 spiro atoms. The number of fused-ring (bicyclic) bond motifs is 6. The molecule has 0 saturated heterocycles. The molecule has 2 nitrogen and oxygen atoms in total. The van der Waals surface area contributed by atoms with E-state index in [2.05, 4.69) is 184 Å². The smallest absolute Gasteiger partial charge is 0.0712 e. The molecule has 1 heterocycles. The van der Waals surface area contributed by atoms with Crippen LogP contribution in [0.4, 0.5) is 0 Å². The lowest BCUT2D eigenvalue weighted by molar-refractivity contribution is 0.661. The van der Waals surface area contributed by atoms with Crippen molar-refractivity contribution in [3.63, 3.8) is 0 Å². The number of rotatable bonds is 7. The fourth-order valence-corrected chi connectivity index (χ4v) is 8.09. The van der Waals surface area contributed by atoms with Crippen LogP contribution in [-0.4, -0.2) is 10.3 Å². The Morgan fingerprint density at radius 1 is 0.547 bits per heavy atom. The van der Waals surface area contributed by atoms with Crippen LogP contribution in [0.2, 0.25) is 0 Å². The Bertz CT molecular complexity index is 2720. The monoisotopic (exact) mass is 680 g/mol. The van der Waals surface area contributed by atoms with Crippen LogP contribution in [0, 0.1) is 0 Å². The van der Waals surface area contributed by atoms with Crippen LogP contribution >= 0.6 is 0 Å². The highest BCUT2D eigenvalue weighted by molar-refractivity contribution is 6.14. The summed E-state index contributed by atoms with van der Waals surface area (Å²) >= 11 is 0. The first-order chi connectivity index (χ1) is 25.9. The quantitative estimate of drug-likeness (QED) is 0.149. The lowest BCUT2D eigenvalue weighted by Gasteiger charge is -2.21. The normalized spacial score (nSPS) is 13.6. The van der Waals surface area contributed by atoms with Crippen molar-refractivity contribution in [1.82, 2.24) is 4.57 Å². The zero-order valence-corrected chi connectivity index (χ0v) is 30.3. The number of benzene rings is 7. The molecule has 1 aliphatic rings. The maximum absolute atomic E-state index is 5.11. The van der Waals surface area contributed by atoms with E-state index in [1.807, 2.05) is 24.3 Å². The van der Waals surface area contributed by atoms with Crippen molar-refractivity contribution in [3.8, 4) is 27.9 Å². The molecule has 0 radical (unpaired) electrons. The van der Waals surface area contributed by atoms with Gasteiger partial charge in [0.05, 0.1) is 22.4 Å². The van der Waals surface area contributed by atoms with E-state index in [-0.39, 0.29) is 5.41 Å². The lowest BCUT2D eigenvalue weighted by Crippen LogP contribution is -2.14. The molecule has 0 bridgehead atoms. The van der Waals surface area contributed by atoms with Gasteiger partial charge in [0.2, 0.25) is 0 Å². The van der Waals surface area contributed by atoms with Gasteiger partial charge in [0.1, 0.15) is 0 Å². The van der Waals surface area contributed by atoms with E-state index in [1.165, 1.54) is 55.2 Å². The molecule has 53 heavy (non-hydrogen) atoms. The third-order valence-electron chi connectivity index (χ3n) is 11.0. The van der Waals surface area contributed by atoms with Gasteiger partial charge < -0.3 is 4.57 Å². The number of hydrogen-bond acceptors (Lipinski definition) is 1. The first-order valence-corrected chi connectivity index (χ1v) is 18.3. The standard InChI is InChI=1S/C51H40N2/c1-34(31-48(52-35(2)37-15-7-5-8-16-37)40-25-23-39(24-26-40)38-17-9-6-10-18-38)36-27-29-41(30-28-36)53-49-22-14-12-20-43(49)45-32-47-44(33-50(45)53)42-19-11-13-21-46(42)51(47,3)4/h5-33H,2H2,1,3-4H3/b34-31+,52-48?. The number of hydrogen-bond donors (Lipinski definition) is 0. The van der Waals surface area contributed by atoms with Gasteiger partial charge in [0.25, 0.3) is 0 Å². The second kappa shape index (κ2) is 12.9. The average molecular weight is 681 g/mol. The van der Waals surface area contributed by atoms with E-state index in [1.54, 1.807) is 0 Å². The summed E-state index contributed by atoms with van der Waals surface area (Å²) in [6.07, 6.45) is 2.18. The summed E-state index contributed by atoms with van der Waals surface area (Å²) in [5.74, 6) is 0. The molecule has 7 aromatic carbocycles. The third-order valence-corrected chi connectivity index (χ3v) is 11.0. The highest BCUT2D eigenvalue weighted by Gasteiger charge is 2.36. The Kier molecular flexibility index (Phi) is 7.90. The largest absolute Gasteiger partial charge is 0.309 e. The Hall–Kier alpha value is -6.51. The summed E-state index contributed by atoms with van der Waals surface area (Å²) in [6.45, 7) is 11.2. The van der Waals surface area contributed by atoms with Crippen molar-refractivity contribution in [2.45, 2.75) is 26.2 Å². The number of allylic oxidation sites excluding steroid dienone is 2. The van der Waals surface area contributed by atoms with Crippen LogP contribution in [0.25, 0.3) is 61.0 Å². The van der Waals surface area contributed by atoms with Gasteiger partial charge in [-0.2, -0.15) is 0 Å². The van der Waals surface area contributed by atoms with Crippen molar-refractivity contribution >= 4 is 38.8 Å². The first-order valence-electron chi connectivity index (χ1n) is 18.3. The van der Waals surface area contributed by atoms with Gasteiger partial charge >= 0.3 is 0 Å². The molecule has 254 valence electrons. The summed E-state index contributed by atoms with van der Waals surface area (Å²) in [4.78, 5) is 5.11. The summed E-state index contributed by atoms with van der Waals surface area (Å²) in [5.41, 5.74) is 17.3. The summed E-state index contributed by atoms with van der Waals surface area (Å²) < 4.78 is 2.42. The average Bonchev–Trinajstić information content (AvgIpc) is 3.65. The van der Waals surface area contributed by atoms with Gasteiger partial charge in [-0.25, -0.2) is 4.99 Å². The van der Waals surface area contributed by atoms with Crippen LogP contribution in [0.3, 0.4) is 0 Å². The zero-order valence-electron chi connectivity index (χ0n) is 30.3. The van der Waals surface area contributed by atoms with Gasteiger partial charge in [-0.05, 0) is 93.4 Å². The summed E-state index contributed by atoms with van der Waals surface area (Å²) in [6, 6.07) is 60.8. The van der Waals surface area contributed by atoms with Crippen molar-refractivity contribution in [3.05, 3.63) is 210 Å². The maximum atomic E-state index is 5.11. The molecule has 0 N–H and O–H groups in total. The van der Waals surface area contributed by atoms with E-state index in [4.69, 9.17) is 4.99 Å². The molecule has 0 fully saturated rings. The van der Waals surface area contributed by atoms with E-state index in [9.17, 15) is 0 Å². The SMILES string of the molecule is C=C(N=C(/C=C(\C)c1ccc(-n2c3ccccc3c3cc4c(cc32)-c2ccccc2C4(C)C)cc1)c1ccc(-c2ccccc2)cc1)c1ccccc1. The fourth-order valence-electron chi connectivity index (χ4n) is 8.09. The van der Waals surface area contributed by atoms with Gasteiger partial charge in [0, 0.05) is 27.4 Å². The van der Waals surface area contributed by atoms with Crippen LogP contribution in [0.15, 0.2) is 188 Å². The Morgan fingerprint density at radius 2 is 1.17 bits per heavy atom. The number of nitrogens with zero attached hydrogens (tertiary/aromatic N) is 2. The molecule has 0 unspecified atom stereocenters. The van der Waals surface area contributed by atoms with Gasteiger partial charge in [-0.1, -0.05) is 160 Å². The second-order valence-corrected chi connectivity index (χ2v) is 14.6. The minimum absolute atomic E-state index is 0.0472. The zero-order chi connectivity index (χ0) is 36.1. The molecular formula is C51H40N2. The molecular weight excluding hydrogens is 641 g/mol. The highest BCUT2D eigenvalue weighted by atomic mass is 15.0. The minimum Gasteiger partial charge on any atom is -0.309 e. The number of aromatic nitrogens is 1. The van der Waals surface area contributed by atoms with Gasteiger partial charge in [0.15, 0.2) is 0 Å². The van der Waals surface area contributed by atoms with E-state index in [0.29, 0.717) is 0 Å². The topological polar surface area (TPSA) is 17.3 Å². The van der Waals surface area contributed by atoms with Crippen LogP contribution in [0.5, 0.6) is 0 Å². The van der Waals surface area contributed by atoms with Gasteiger partial charge in [-0.15, -0.1) is 0 Å². The fraction of sp³-hybridized carbons (Fsp3) is 0.0784. The minimum atomic E-state index is -0.0472. The Morgan fingerprint density at radius 3 is 1.92 bits per heavy atom.